The summed E-state index contributed by atoms with van der Waals surface area (Å²) in [7, 11) is 0. The van der Waals surface area contributed by atoms with Crippen LogP contribution in [0.25, 0.3) is 5.69 Å². The highest BCUT2D eigenvalue weighted by atomic mass is 15.3. The van der Waals surface area contributed by atoms with Crippen molar-refractivity contribution in [2.75, 3.05) is 0 Å². The molecule has 0 aliphatic heterocycles. The number of nitrogens with zero attached hydrogens (tertiary/aromatic N) is 2. The van der Waals surface area contributed by atoms with Crippen LogP contribution in [0.2, 0.25) is 0 Å². The molecule has 0 radical (unpaired) electrons. The van der Waals surface area contributed by atoms with Gasteiger partial charge in [-0.1, -0.05) is 39.0 Å². The van der Waals surface area contributed by atoms with Crippen LogP contribution in [-0.4, -0.2) is 9.78 Å². The topological polar surface area (TPSA) is 17.8 Å². The van der Waals surface area contributed by atoms with E-state index in [1.165, 1.54) is 5.69 Å². The summed E-state index contributed by atoms with van der Waals surface area (Å²) in [5.41, 5.74) is 3.53. The molecule has 0 atom stereocenters. The molecule has 2 heteroatoms. The van der Waals surface area contributed by atoms with Gasteiger partial charge < -0.3 is 0 Å². The number of benzene rings is 1. The number of aromatic nitrogens is 2. The van der Waals surface area contributed by atoms with Gasteiger partial charge in [0.1, 0.15) is 0 Å². The summed E-state index contributed by atoms with van der Waals surface area (Å²) in [6.07, 6.45) is 0. The molecule has 2 aromatic rings. The predicted octanol–water partition coefficient (Wildman–Crippen LogP) is 3.48. The minimum Gasteiger partial charge on any atom is -0.238 e. The summed E-state index contributed by atoms with van der Waals surface area (Å²) in [6.45, 7) is 8.65. The van der Waals surface area contributed by atoms with Crippen molar-refractivity contribution >= 4 is 0 Å². The van der Waals surface area contributed by atoms with Crippen molar-refractivity contribution in [3.63, 3.8) is 0 Å². The van der Waals surface area contributed by atoms with Crippen LogP contribution in [0.4, 0.5) is 0 Å². The maximum absolute atomic E-state index is 4.67. The van der Waals surface area contributed by atoms with Gasteiger partial charge in [-0.2, -0.15) is 5.10 Å². The Morgan fingerprint density at radius 3 is 2.19 bits per heavy atom. The number of para-hydroxylation sites is 1. The molecule has 1 heterocycles. The van der Waals surface area contributed by atoms with E-state index in [1.807, 2.05) is 22.9 Å². The number of rotatable bonds is 1. The maximum atomic E-state index is 4.67. The molecule has 0 spiro atoms. The first kappa shape index (κ1) is 10.9. The fourth-order valence-corrected chi connectivity index (χ4v) is 1.67. The molecule has 84 valence electrons. The normalized spacial score (nSPS) is 11.8. The van der Waals surface area contributed by atoms with Crippen LogP contribution >= 0.6 is 0 Å². The highest BCUT2D eigenvalue weighted by Crippen LogP contribution is 2.22. The highest BCUT2D eigenvalue weighted by Gasteiger charge is 2.18. The molecular formula is C14H18N2. The van der Waals surface area contributed by atoms with Crippen molar-refractivity contribution in [2.24, 2.45) is 0 Å². The molecule has 0 amide bonds. The first-order chi connectivity index (χ1) is 7.48. The molecule has 1 aromatic carbocycles. The fourth-order valence-electron chi connectivity index (χ4n) is 1.67. The quantitative estimate of drug-likeness (QED) is 0.710. The number of hydrogen-bond acceptors (Lipinski definition) is 1. The zero-order chi connectivity index (χ0) is 11.8. The second-order valence-corrected chi connectivity index (χ2v) is 5.17. The zero-order valence-corrected chi connectivity index (χ0v) is 10.4. The molecule has 0 saturated carbocycles. The van der Waals surface area contributed by atoms with E-state index >= 15 is 0 Å². The van der Waals surface area contributed by atoms with Crippen LogP contribution in [0.15, 0.2) is 36.4 Å². The van der Waals surface area contributed by atoms with E-state index in [1.54, 1.807) is 0 Å². The Bertz CT molecular complexity index is 475. The summed E-state index contributed by atoms with van der Waals surface area (Å²) in [4.78, 5) is 0. The van der Waals surface area contributed by atoms with Gasteiger partial charge in [0.2, 0.25) is 0 Å². The average molecular weight is 214 g/mol. The van der Waals surface area contributed by atoms with E-state index in [-0.39, 0.29) is 5.41 Å². The Morgan fingerprint density at radius 2 is 1.69 bits per heavy atom. The molecule has 1 aromatic heterocycles. The number of aryl methyl sites for hydroxylation is 1. The molecule has 0 bridgehead atoms. The van der Waals surface area contributed by atoms with Crippen LogP contribution in [0.3, 0.4) is 0 Å². The van der Waals surface area contributed by atoms with Crippen molar-refractivity contribution < 1.29 is 0 Å². The van der Waals surface area contributed by atoms with Crippen molar-refractivity contribution in [1.82, 2.24) is 9.78 Å². The van der Waals surface area contributed by atoms with Crippen molar-refractivity contribution in [2.45, 2.75) is 33.1 Å². The SMILES string of the molecule is Cc1cc(C(C)(C)C)nn1-c1ccccc1. The van der Waals surface area contributed by atoms with Gasteiger partial charge in [-0.3, -0.25) is 0 Å². The number of hydrogen-bond donors (Lipinski definition) is 0. The summed E-state index contributed by atoms with van der Waals surface area (Å²) in [5.74, 6) is 0. The van der Waals surface area contributed by atoms with E-state index < -0.39 is 0 Å². The third-order valence-electron chi connectivity index (χ3n) is 2.66. The van der Waals surface area contributed by atoms with Crippen LogP contribution in [0.1, 0.15) is 32.2 Å². The van der Waals surface area contributed by atoms with Crippen molar-refractivity contribution in [1.29, 1.82) is 0 Å². The molecule has 0 unspecified atom stereocenters. The molecule has 16 heavy (non-hydrogen) atoms. The lowest BCUT2D eigenvalue weighted by molar-refractivity contribution is 0.560. The minimum absolute atomic E-state index is 0.102. The lowest BCUT2D eigenvalue weighted by Gasteiger charge is -2.14. The standard InChI is InChI=1S/C14H18N2/c1-11-10-13(14(2,3)4)15-16(11)12-8-6-5-7-9-12/h5-10H,1-4H3. The monoisotopic (exact) mass is 214 g/mol. The summed E-state index contributed by atoms with van der Waals surface area (Å²) in [5, 5.41) is 4.67. The zero-order valence-electron chi connectivity index (χ0n) is 10.4. The molecule has 2 rings (SSSR count). The average Bonchev–Trinajstić information content (AvgIpc) is 2.61. The Hall–Kier alpha value is -1.57. The van der Waals surface area contributed by atoms with Gasteiger partial charge in [0.25, 0.3) is 0 Å². The lowest BCUT2D eigenvalue weighted by atomic mass is 9.92. The second kappa shape index (κ2) is 3.78. The van der Waals surface area contributed by atoms with Crippen molar-refractivity contribution in [3.05, 3.63) is 47.8 Å². The molecule has 0 aliphatic rings. The van der Waals surface area contributed by atoms with Gasteiger partial charge in [-0.15, -0.1) is 0 Å². The second-order valence-electron chi connectivity index (χ2n) is 5.17. The van der Waals surface area contributed by atoms with E-state index in [0.717, 1.165) is 11.4 Å². The third kappa shape index (κ3) is 2.01. The molecule has 0 aliphatic carbocycles. The van der Waals surface area contributed by atoms with E-state index in [2.05, 4.69) is 51.0 Å². The Balaban J connectivity index is 2.48. The summed E-state index contributed by atoms with van der Waals surface area (Å²) >= 11 is 0. The Morgan fingerprint density at radius 1 is 1.06 bits per heavy atom. The Labute approximate surface area is 96.9 Å². The van der Waals surface area contributed by atoms with Gasteiger partial charge in [0.15, 0.2) is 0 Å². The third-order valence-corrected chi connectivity index (χ3v) is 2.66. The first-order valence-corrected chi connectivity index (χ1v) is 5.61. The molecular weight excluding hydrogens is 196 g/mol. The van der Waals surface area contributed by atoms with Gasteiger partial charge in [0.05, 0.1) is 11.4 Å². The smallest absolute Gasteiger partial charge is 0.0685 e. The van der Waals surface area contributed by atoms with Gasteiger partial charge >= 0.3 is 0 Å². The summed E-state index contributed by atoms with van der Waals surface area (Å²) in [6, 6.07) is 12.4. The summed E-state index contributed by atoms with van der Waals surface area (Å²) < 4.78 is 2.00. The minimum atomic E-state index is 0.102. The first-order valence-electron chi connectivity index (χ1n) is 5.61. The van der Waals surface area contributed by atoms with E-state index in [9.17, 15) is 0 Å². The van der Waals surface area contributed by atoms with Crippen LogP contribution < -0.4 is 0 Å². The van der Waals surface area contributed by atoms with Crippen LogP contribution in [-0.2, 0) is 5.41 Å². The van der Waals surface area contributed by atoms with E-state index in [4.69, 9.17) is 0 Å². The molecule has 2 nitrogen and oxygen atoms in total. The van der Waals surface area contributed by atoms with Gasteiger partial charge in [0, 0.05) is 11.1 Å². The van der Waals surface area contributed by atoms with Crippen molar-refractivity contribution in [3.8, 4) is 5.69 Å². The lowest BCUT2D eigenvalue weighted by Crippen LogP contribution is -2.12. The molecule has 0 fully saturated rings. The maximum Gasteiger partial charge on any atom is 0.0685 e. The van der Waals surface area contributed by atoms with Crippen LogP contribution in [0.5, 0.6) is 0 Å². The largest absolute Gasteiger partial charge is 0.238 e. The fraction of sp³-hybridized carbons (Fsp3) is 0.357. The highest BCUT2D eigenvalue weighted by molar-refractivity contribution is 5.33. The Kier molecular flexibility index (Phi) is 2.58. The van der Waals surface area contributed by atoms with Crippen LogP contribution in [0, 0.1) is 6.92 Å². The van der Waals surface area contributed by atoms with Gasteiger partial charge in [-0.05, 0) is 25.1 Å². The van der Waals surface area contributed by atoms with E-state index in [0.29, 0.717) is 0 Å². The molecule has 0 N–H and O–H groups in total. The van der Waals surface area contributed by atoms with Gasteiger partial charge in [-0.25, -0.2) is 4.68 Å². The molecule has 0 saturated heterocycles. The predicted molar refractivity (Wildman–Crippen MR) is 67.0 cm³/mol.